The topological polar surface area (TPSA) is 17.0 Å². The van der Waals surface area contributed by atoms with Crippen LogP contribution in [0.25, 0.3) is 16.6 Å². The Hall–Kier alpha value is -1.77. The third-order valence-electron chi connectivity index (χ3n) is 6.88. The number of fused-ring (bicyclic) bond motifs is 1. The van der Waals surface area contributed by atoms with Crippen molar-refractivity contribution in [3.63, 3.8) is 0 Å². The van der Waals surface area contributed by atoms with Gasteiger partial charge in [0.1, 0.15) is 5.82 Å². The molecule has 0 saturated heterocycles. The van der Waals surface area contributed by atoms with Crippen LogP contribution in [0.3, 0.4) is 0 Å². The lowest BCUT2D eigenvalue weighted by Crippen LogP contribution is -2.12. The number of aryl methyl sites for hydroxylation is 1. The molecule has 0 aliphatic rings. The molecule has 2 nitrogen and oxygen atoms in total. The molecule has 1 aromatic carbocycles. The summed E-state index contributed by atoms with van der Waals surface area (Å²) in [7, 11) is 0. The second kappa shape index (κ2) is 16.8. The van der Waals surface area contributed by atoms with E-state index in [9.17, 15) is 4.39 Å². The van der Waals surface area contributed by atoms with Gasteiger partial charge in [-0.15, -0.1) is 0 Å². The molecule has 1 heterocycles. The number of para-hydroxylation sites is 1. The second-order valence-electron chi connectivity index (χ2n) is 9.67. The number of nitrogens with one attached hydrogen (secondary N) is 1. The molecule has 0 unspecified atom stereocenters. The molecule has 33 heavy (non-hydrogen) atoms. The third-order valence-corrected chi connectivity index (χ3v) is 6.88. The number of hydrogen-bond donors (Lipinski definition) is 1. The van der Waals surface area contributed by atoms with Crippen LogP contribution >= 0.6 is 0 Å². The lowest BCUT2D eigenvalue weighted by Gasteiger charge is -2.09. The van der Waals surface area contributed by atoms with Gasteiger partial charge in [0.05, 0.1) is 5.52 Å². The Balaban J connectivity index is 1.46. The molecule has 0 spiro atoms. The molecule has 186 valence electrons. The summed E-state index contributed by atoms with van der Waals surface area (Å²) in [6, 6.07) is 5.30. The molecule has 0 amide bonds. The van der Waals surface area contributed by atoms with Gasteiger partial charge in [-0.3, -0.25) is 0 Å². The van der Waals surface area contributed by atoms with Gasteiger partial charge in [-0.1, -0.05) is 122 Å². The first kappa shape index (κ1) is 27.5. The number of rotatable bonds is 20. The monoisotopic (exact) mass is 456 g/mol. The maximum atomic E-state index is 14.3. The summed E-state index contributed by atoms with van der Waals surface area (Å²) >= 11 is 0. The molecular formula is C30H49FN2. The largest absolute Gasteiger partial charge is 0.385 e. The van der Waals surface area contributed by atoms with Gasteiger partial charge in [-0.05, 0) is 19.4 Å². The number of unbranched alkanes of at least 4 members (excludes halogenated alkanes) is 15. The molecule has 1 aromatic heterocycles. The van der Waals surface area contributed by atoms with Crippen molar-refractivity contribution in [1.82, 2.24) is 9.88 Å². The summed E-state index contributed by atoms with van der Waals surface area (Å²) in [4.78, 5) is 0. The van der Waals surface area contributed by atoms with Crippen molar-refractivity contribution in [1.29, 1.82) is 0 Å². The Kier molecular flexibility index (Phi) is 14.0. The van der Waals surface area contributed by atoms with Crippen LogP contribution in [0.15, 0.2) is 31.0 Å². The fraction of sp³-hybridized carbons (Fsp3) is 0.667. The lowest BCUT2D eigenvalue weighted by atomic mass is 10.0. The normalized spacial score (nSPS) is 11.4. The van der Waals surface area contributed by atoms with Crippen molar-refractivity contribution in [3.05, 3.63) is 42.4 Å². The van der Waals surface area contributed by atoms with Crippen LogP contribution in [-0.2, 0) is 6.54 Å². The SMILES string of the molecule is C=C(NCCCCCCCCCCCCCCCCCC)c1cn(CC)c2c(F)cccc12. The molecule has 2 aromatic rings. The highest BCUT2D eigenvalue weighted by Gasteiger charge is 2.13. The van der Waals surface area contributed by atoms with Crippen molar-refractivity contribution in [2.24, 2.45) is 0 Å². The Morgan fingerprint density at radius 2 is 1.30 bits per heavy atom. The van der Waals surface area contributed by atoms with E-state index in [4.69, 9.17) is 0 Å². The summed E-state index contributed by atoms with van der Waals surface area (Å²) in [6.07, 6.45) is 24.2. The fourth-order valence-electron chi connectivity index (χ4n) is 4.81. The zero-order chi connectivity index (χ0) is 23.7. The summed E-state index contributed by atoms with van der Waals surface area (Å²) < 4.78 is 16.2. The van der Waals surface area contributed by atoms with Crippen molar-refractivity contribution >= 4 is 16.6 Å². The van der Waals surface area contributed by atoms with Gasteiger partial charge in [0.15, 0.2) is 0 Å². The maximum Gasteiger partial charge on any atom is 0.147 e. The number of benzene rings is 1. The van der Waals surface area contributed by atoms with Crippen molar-refractivity contribution in [3.8, 4) is 0 Å². The summed E-state index contributed by atoms with van der Waals surface area (Å²) in [6.45, 7) is 10.2. The van der Waals surface area contributed by atoms with Crippen molar-refractivity contribution < 1.29 is 4.39 Å². The zero-order valence-corrected chi connectivity index (χ0v) is 21.6. The van der Waals surface area contributed by atoms with E-state index in [1.54, 1.807) is 6.07 Å². The van der Waals surface area contributed by atoms with E-state index in [1.807, 2.05) is 23.8 Å². The summed E-state index contributed by atoms with van der Waals surface area (Å²) in [5, 5.41) is 4.41. The van der Waals surface area contributed by atoms with E-state index in [0.29, 0.717) is 5.52 Å². The average Bonchev–Trinajstić information content (AvgIpc) is 3.21. The summed E-state index contributed by atoms with van der Waals surface area (Å²) in [5.41, 5.74) is 2.60. The zero-order valence-electron chi connectivity index (χ0n) is 21.6. The van der Waals surface area contributed by atoms with Crippen LogP contribution in [0.2, 0.25) is 0 Å². The van der Waals surface area contributed by atoms with Crippen LogP contribution in [0.1, 0.15) is 122 Å². The minimum atomic E-state index is -0.161. The van der Waals surface area contributed by atoms with E-state index in [1.165, 1.54) is 102 Å². The molecular weight excluding hydrogens is 407 g/mol. The number of halogens is 1. The van der Waals surface area contributed by atoms with Gasteiger partial charge in [0.25, 0.3) is 0 Å². The van der Waals surface area contributed by atoms with Gasteiger partial charge in [-0.25, -0.2) is 4.39 Å². The van der Waals surface area contributed by atoms with Crippen LogP contribution in [-0.4, -0.2) is 11.1 Å². The van der Waals surface area contributed by atoms with E-state index < -0.39 is 0 Å². The van der Waals surface area contributed by atoms with Crippen molar-refractivity contribution in [2.45, 2.75) is 123 Å². The average molecular weight is 457 g/mol. The first-order valence-corrected chi connectivity index (χ1v) is 13.9. The van der Waals surface area contributed by atoms with Gasteiger partial charge < -0.3 is 9.88 Å². The van der Waals surface area contributed by atoms with Gasteiger partial charge in [-0.2, -0.15) is 0 Å². The van der Waals surface area contributed by atoms with E-state index >= 15 is 0 Å². The molecule has 3 heteroatoms. The minimum absolute atomic E-state index is 0.161. The highest BCUT2D eigenvalue weighted by Crippen LogP contribution is 2.27. The highest BCUT2D eigenvalue weighted by molar-refractivity contribution is 5.92. The Morgan fingerprint density at radius 1 is 0.788 bits per heavy atom. The molecule has 0 fully saturated rings. The first-order chi connectivity index (χ1) is 16.2. The molecule has 1 N–H and O–H groups in total. The molecule has 0 aliphatic carbocycles. The quantitative estimate of drug-likeness (QED) is 0.196. The highest BCUT2D eigenvalue weighted by atomic mass is 19.1. The molecule has 0 aliphatic heterocycles. The molecule has 2 rings (SSSR count). The first-order valence-electron chi connectivity index (χ1n) is 13.9. The predicted octanol–water partition coefficient (Wildman–Crippen LogP) is 9.62. The van der Waals surface area contributed by atoms with Gasteiger partial charge in [0.2, 0.25) is 0 Å². The minimum Gasteiger partial charge on any atom is -0.385 e. The fourth-order valence-corrected chi connectivity index (χ4v) is 4.81. The van der Waals surface area contributed by atoms with Gasteiger partial charge in [0, 0.05) is 35.9 Å². The standard InChI is InChI=1S/C30H49FN2/c1-4-6-7-8-9-10-11-12-13-14-15-16-17-18-19-20-24-32-26(3)28-25-33(5-2)30-27(28)22-21-23-29(30)31/h21-23,25,32H,3-20,24H2,1-2H3. The Morgan fingerprint density at radius 3 is 1.82 bits per heavy atom. The third kappa shape index (κ3) is 9.94. The van der Waals surface area contributed by atoms with Crippen LogP contribution in [0.5, 0.6) is 0 Å². The molecule has 0 atom stereocenters. The second-order valence-corrected chi connectivity index (χ2v) is 9.67. The van der Waals surface area contributed by atoms with Crippen LogP contribution in [0, 0.1) is 5.82 Å². The molecule has 0 radical (unpaired) electrons. The number of nitrogens with zero attached hydrogens (tertiary/aromatic N) is 1. The Labute approximate surface area is 203 Å². The summed E-state index contributed by atoms with van der Waals surface area (Å²) in [5.74, 6) is -0.161. The van der Waals surface area contributed by atoms with E-state index in [0.717, 1.165) is 36.2 Å². The van der Waals surface area contributed by atoms with E-state index in [2.05, 4.69) is 18.8 Å². The van der Waals surface area contributed by atoms with Crippen LogP contribution < -0.4 is 5.32 Å². The van der Waals surface area contributed by atoms with Gasteiger partial charge >= 0.3 is 0 Å². The molecule has 0 saturated carbocycles. The number of hydrogen-bond acceptors (Lipinski definition) is 1. The van der Waals surface area contributed by atoms with E-state index in [-0.39, 0.29) is 5.82 Å². The number of aromatic nitrogens is 1. The maximum absolute atomic E-state index is 14.3. The molecule has 0 bridgehead atoms. The Bertz CT molecular complexity index is 792. The van der Waals surface area contributed by atoms with Crippen molar-refractivity contribution in [2.75, 3.05) is 6.54 Å². The smallest absolute Gasteiger partial charge is 0.147 e. The lowest BCUT2D eigenvalue weighted by molar-refractivity contribution is 0.529. The predicted molar refractivity (Wildman–Crippen MR) is 144 cm³/mol. The van der Waals surface area contributed by atoms with Crippen LogP contribution in [0.4, 0.5) is 4.39 Å².